The Balaban J connectivity index is 2.60. The molecule has 46 heavy (non-hydrogen) atoms. The third-order valence-corrected chi connectivity index (χ3v) is 7.21. The predicted octanol–water partition coefficient (Wildman–Crippen LogP) is 5.65. The number of hydrogen-bond donors (Lipinski definition) is 4. The molecule has 0 aliphatic rings. The summed E-state index contributed by atoms with van der Waals surface area (Å²) < 4.78 is 11.1. The Morgan fingerprint density at radius 3 is 2.07 bits per heavy atom. The van der Waals surface area contributed by atoms with Crippen LogP contribution in [-0.4, -0.2) is 69.5 Å². The highest BCUT2D eigenvalue weighted by atomic mass is 32.1. The van der Waals surface area contributed by atoms with Crippen molar-refractivity contribution in [2.75, 3.05) is 12.3 Å². The molecule has 0 saturated carbocycles. The van der Waals surface area contributed by atoms with Crippen LogP contribution in [0.15, 0.2) is 48.5 Å². The second-order valence-electron chi connectivity index (χ2n) is 13.4. The van der Waals surface area contributed by atoms with Gasteiger partial charge in [0, 0.05) is 18.7 Å². The van der Waals surface area contributed by atoms with Crippen molar-refractivity contribution < 1.29 is 33.8 Å². The fourth-order valence-electron chi connectivity index (χ4n) is 4.72. The molecule has 0 aliphatic heterocycles. The molecule has 0 radical (unpaired) electrons. The van der Waals surface area contributed by atoms with Crippen molar-refractivity contribution in [1.29, 1.82) is 0 Å². The number of unbranched alkanes of at least 4 members (excludes halogenated alkanes) is 2. The lowest BCUT2D eigenvalue weighted by Crippen LogP contribution is -2.55. The van der Waals surface area contributed by atoms with Gasteiger partial charge in [0.25, 0.3) is 0 Å². The third kappa shape index (κ3) is 12.6. The number of nitrogens with one attached hydrogen (secondary N) is 2. The number of alkyl carbamates (subject to hydrolysis) is 1. The molecule has 3 N–H and O–H groups in total. The monoisotopic (exact) mass is 657 g/mol. The Bertz CT molecular complexity index is 1320. The van der Waals surface area contributed by atoms with Gasteiger partial charge in [0.05, 0.1) is 0 Å². The number of carbonyl (C=O) groups excluding carboxylic acids is 4. The highest BCUT2D eigenvalue weighted by Gasteiger charge is 2.38. The molecule has 0 heterocycles. The molecular weight excluding hydrogens is 606 g/mol. The summed E-state index contributed by atoms with van der Waals surface area (Å²) in [4.78, 5) is 56.2. The summed E-state index contributed by atoms with van der Waals surface area (Å²) in [5.74, 6) is -1.80. The lowest BCUT2D eigenvalue weighted by Gasteiger charge is -2.35. The van der Waals surface area contributed by atoms with Crippen LogP contribution in [0.2, 0.25) is 0 Å². The zero-order valence-electron chi connectivity index (χ0n) is 28.4. The van der Waals surface area contributed by atoms with Gasteiger partial charge >= 0.3 is 12.1 Å². The molecule has 2 aromatic carbocycles. The first kappa shape index (κ1) is 38.5. The number of amides is 3. The van der Waals surface area contributed by atoms with E-state index in [1.165, 1.54) is 11.0 Å². The van der Waals surface area contributed by atoms with Crippen LogP contribution in [0.1, 0.15) is 90.5 Å². The van der Waals surface area contributed by atoms with Crippen molar-refractivity contribution in [3.05, 3.63) is 65.2 Å². The third-order valence-electron chi connectivity index (χ3n) is 6.84. The lowest BCUT2D eigenvalue weighted by molar-refractivity contribution is -0.159. The molecule has 3 unspecified atom stereocenters. The molecule has 0 spiro atoms. The number of benzene rings is 2. The fourth-order valence-corrected chi connectivity index (χ4v) is 4.97. The van der Waals surface area contributed by atoms with Gasteiger partial charge in [-0.15, -0.1) is 0 Å². The van der Waals surface area contributed by atoms with Gasteiger partial charge in [-0.2, -0.15) is 12.6 Å². The molecule has 2 rings (SSSR count). The summed E-state index contributed by atoms with van der Waals surface area (Å²) in [6.45, 7) is 14.3. The molecule has 0 fully saturated rings. The zero-order chi connectivity index (χ0) is 34.7. The Labute approximate surface area is 279 Å². The van der Waals surface area contributed by atoms with Gasteiger partial charge in [0.1, 0.15) is 35.1 Å². The van der Waals surface area contributed by atoms with E-state index in [9.17, 15) is 24.3 Å². The Morgan fingerprint density at radius 1 is 0.891 bits per heavy atom. The molecule has 10 nitrogen and oxygen atoms in total. The van der Waals surface area contributed by atoms with Crippen LogP contribution in [0.3, 0.4) is 0 Å². The minimum atomic E-state index is -1.22. The molecule has 0 aliphatic carbocycles. The zero-order valence-corrected chi connectivity index (χ0v) is 29.3. The first-order valence-electron chi connectivity index (χ1n) is 15.7. The van der Waals surface area contributed by atoms with Gasteiger partial charge in [-0.3, -0.25) is 9.59 Å². The number of esters is 1. The maximum absolute atomic E-state index is 14.4. The summed E-state index contributed by atoms with van der Waals surface area (Å²) >= 11 is 4.35. The minimum absolute atomic E-state index is 0.0299. The maximum atomic E-state index is 14.4. The van der Waals surface area contributed by atoms with Crippen LogP contribution in [0.5, 0.6) is 5.75 Å². The average molecular weight is 658 g/mol. The first-order valence-corrected chi connectivity index (χ1v) is 16.4. The summed E-state index contributed by atoms with van der Waals surface area (Å²) in [6.07, 6.45) is 1.59. The number of carbonyl (C=O) groups is 4. The molecule has 254 valence electrons. The van der Waals surface area contributed by atoms with E-state index < -0.39 is 53.2 Å². The van der Waals surface area contributed by atoms with E-state index in [0.29, 0.717) is 17.5 Å². The summed E-state index contributed by atoms with van der Waals surface area (Å²) in [6, 6.07) is 10.5. The SMILES string of the molecule is CCCCCN(C(=O)C(CS)NC(=O)OC(C)(C)C)C(C(=O)NC(Cc1ccccc1)C(=O)OC(C)(C)C)c1ccc(O)c(C)c1. The smallest absolute Gasteiger partial charge is 0.408 e. The van der Waals surface area contributed by atoms with Crippen molar-refractivity contribution in [1.82, 2.24) is 15.5 Å². The Kier molecular flexibility index (Phi) is 14.4. The summed E-state index contributed by atoms with van der Waals surface area (Å²) in [5.41, 5.74) is 0.135. The normalized spacial score (nSPS) is 13.6. The van der Waals surface area contributed by atoms with Crippen LogP contribution < -0.4 is 10.6 Å². The largest absolute Gasteiger partial charge is 0.508 e. The molecule has 0 saturated heterocycles. The number of phenolic OH excluding ortho intramolecular Hbond substituents is 1. The van der Waals surface area contributed by atoms with Crippen molar-refractivity contribution in [2.45, 2.75) is 110 Å². The second kappa shape index (κ2) is 17.3. The van der Waals surface area contributed by atoms with Crippen LogP contribution in [0.4, 0.5) is 4.79 Å². The predicted molar refractivity (Wildman–Crippen MR) is 182 cm³/mol. The van der Waals surface area contributed by atoms with Gasteiger partial charge in [0.15, 0.2) is 0 Å². The Morgan fingerprint density at radius 2 is 1.52 bits per heavy atom. The highest BCUT2D eigenvalue weighted by Crippen LogP contribution is 2.28. The van der Waals surface area contributed by atoms with Gasteiger partial charge in [-0.25, -0.2) is 9.59 Å². The summed E-state index contributed by atoms with van der Waals surface area (Å²) in [7, 11) is 0. The summed E-state index contributed by atoms with van der Waals surface area (Å²) in [5, 5.41) is 15.8. The van der Waals surface area contributed by atoms with Crippen LogP contribution in [0.25, 0.3) is 0 Å². The average Bonchev–Trinajstić information content (AvgIpc) is 2.95. The topological polar surface area (TPSA) is 134 Å². The van der Waals surface area contributed by atoms with Gasteiger partial charge in [-0.1, -0.05) is 56.2 Å². The quantitative estimate of drug-likeness (QED) is 0.117. The van der Waals surface area contributed by atoms with E-state index in [0.717, 1.165) is 18.4 Å². The first-order chi connectivity index (χ1) is 21.5. The lowest BCUT2D eigenvalue weighted by atomic mass is 9.98. The van der Waals surface area contributed by atoms with E-state index in [-0.39, 0.29) is 24.5 Å². The van der Waals surface area contributed by atoms with Crippen molar-refractivity contribution in [2.24, 2.45) is 0 Å². The number of phenols is 1. The van der Waals surface area contributed by atoms with Crippen molar-refractivity contribution in [3.8, 4) is 5.75 Å². The number of aromatic hydroxyl groups is 1. The molecular formula is C35H51N3O7S. The highest BCUT2D eigenvalue weighted by molar-refractivity contribution is 7.80. The second-order valence-corrected chi connectivity index (χ2v) is 13.7. The number of thiol groups is 1. The number of ether oxygens (including phenoxy) is 2. The Hall–Kier alpha value is -3.73. The van der Waals surface area contributed by atoms with E-state index in [4.69, 9.17) is 9.47 Å². The number of hydrogen-bond acceptors (Lipinski definition) is 8. The van der Waals surface area contributed by atoms with Crippen molar-refractivity contribution >= 4 is 36.5 Å². The fraction of sp³-hybridized carbons (Fsp3) is 0.543. The van der Waals surface area contributed by atoms with Crippen LogP contribution >= 0.6 is 12.6 Å². The van der Waals surface area contributed by atoms with E-state index in [2.05, 4.69) is 23.3 Å². The number of rotatable bonds is 14. The molecule has 0 aromatic heterocycles. The van der Waals surface area contributed by atoms with E-state index >= 15 is 0 Å². The molecule has 3 amide bonds. The molecule has 0 bridgehead atoms. The van der Waals surface area contributed by atoms with Gasteiger partial charge in [0.2, 0.25) is 11.8 Å². The minimum Gasteiger partial charge on any atom is -0.508 e. The molecule has 2 aromatic rings. The molecule has 3 atom stereocenters. The van der Waals surface area contributed by atoms with E-state index in [1.807, 2.05) is 37.3 Å². The standard InChI is InChI=1S/C35H51N3O7S/c1-9-10-14-19-38(31(41)27(22-46)37-33(43)45-35(6,7)8)29(25-17-18-28(39)23(2)20-25)30(40)36-26(32(42)44-34(3,4)5)21-24-15-12-11-13-16-24/h11-13,15-18,20,26-27,29,39,46H,9-10,14,19,21-22H2,1-8H3,(H,36,40)(H,37,43). The van der Waals surface area contributed by atoms with Gasteiger partial charge in [-0.05, 0) is 83.7 Å². The molecule has 11 heteroatoms. The number of aryl methyl sites for hydroxylation is 1. The number of nitrogens with zero attached hydrogens (tertiary/aromatic N) is 1. The maximum Gasteiger partial charge on any atom is 0.408 e. The van der Waals surface area contributed by atoms with E-state index in [1.54, 1.807) is 60.6 Å². The van der Waals surface area contributed by atoms with Gasteiger partial charge < -0.3 is 30.1 Å². The van der Waals surface area contributed by atoms with Crippen molar-refractivity contribution in [3.63, 3.8) is 0 Å². The van der Waals surface area contributed by atoms with Crippen LogP contribution in [-0.2, 0) is 30.3 Å². The van der Waals surface area contributed by atoms with Crippen LogP contribution in [0, 0.1) is 6.92 Å².